The lowest BCUT2D eigenvalue weighted by Gasteiger charge is -2.28. The number of ether oxygens (including phenoxy) is 2. The first-order chi connectivity index (χ1) is 11.7. The van der Waals surface area contributed by atoms with Crippen molar-refractivity contribution in [1.29, 1.82) is 0 Å². The summed E-state index contributed by atoms with van der Waals surface area (Å²) in [6.07, 6.45) is 4.88. The molecule has 5 nitrogen and oxygen atoms in total. The standard InChI is InChI=1S/C18H26N2O3S.ClH/c1-12(13-3-5-19-6-4-13)9-18(21)20-14-10-15-16(11-17(14)24-2)23-8-7-22-15;/h10-13,19H,3-9H2,1-2H3,(H,20,21);1H. The number of hydrogen-bond acceptors (Lipinski definition) is 5. The average Bonchev–Trinajstić information content (AvgIpc) is 2.61. The molecular weight excluding hydrogens is 360 g/mol. The Morgan fingerprint density at radius 3 is 2.56 bits per heavy atom. The largest absolute Gasteiger partial charge is 0.486 e. The van der Waals surface area contributed by atoms with Gasteiger partial charge in [0, 0.05) is 17.4 Å². The van der Waals surface area contributed by atoms with Crippen molar-refractivity contribution in [1.82, 2.24) is 5.32 Å². The molecule has 0 saturated carbocycles. The maximum absolute atomic E-state index is 12.5. The van der Waals surface area contributed by atoms with E-state index >= 15 is 0 Å². The molecule has 7 heteroatoms. The SMILES string of the molecule is CSc1cc2c(cc1NC(=O)CC(C)C1CCNCC1)OCCO2.Cl. The van der Waals surface area contributed by atoms with Crippen molar-refractivity contribution in [3.8, 4) is 11.5 Å². The maximum Gasteiger partial charge on any atom is 0.224 e. The van der Waals surface area contributed by atoms with Gasteiger partial charge in [0.25, 0.3) is 0 Å². The van der Waals surface area contributed by atoms with Crippen molar-refractivity contribution in [2.45, 2.75) is 31.1 Å². The van der Waals surface area contributed by atoms with Gasteiger partial charge in [-0.2, -0.15) is 0 Å². The molecule has 1 amide bonds. The third-order valence-electron chi connectivity index (χ3n) is 4.83. The molecule has 3 rings (SSSR count). The second kappa shape index (κ2) is 9.55. The summed E-state index contributed by atoms with van der Waals surface area (Å²) in [5.74, 6) is 2.58. The Hall–Kier alpha value is -1.11. The molecule has 2 N–H and O–H groups in total. The molecule has 1 aromatic carbocycles. The fraction of sp³-hybridized carbons (Fsp3) is 0.611. The van der Waals surface area contributed by atoms with Gasteiger partial charge in [-0.05, 0) is 50.1 Å². The third kappa shape index (κ3) is 5.19. The fourth-order valence-electron chi connectivity index (χ4n) is 3.41. The van der Waals surface area contributed by atoms with Gasteiger partial charge in [-0.1, -0.05) is 6.92 Å². The number of halogens is 1. The highest BCUT2D eigenvalue weighted by molar-refractivity contribution is 7.98. The number of carbonyl (C=O) groups excluding carboxylic acids is 1. The number of hydrogen-bond donors (Lipinski definition) is 2. The molecule has 1 fully saturated rings. The molecule has 2 aliphatic rings. The van der Waals surface area contributed by atoms with Gasteiger partial charge in [0.1, 0.15) is 13.2 Å². The Labute approximate surface area is 160 Å². The average molecular weight is 387 g/mol. The second-order valence-corrected chi connectivity index (χ2v) is 7.36. The Bertz CT molecular complexity index is 594. The fourth-order valence-corrected chi connectivity index (χ4v) is 3.97. The molecule has 0 aliphatic carbocycles. The molecule has 2 aliphatic heterocycles. The van der Waals surface area contributed by atoms with Gasteiger partial charge in [0.2, 0.25) is 5.91 Å². The minimum absolute atomic E-state index is 0. The van der Waals surface area contributed by atoms with Gasteiger partial charge >= 0.3 is 0 Å². The number of piperidine rings is 1. The molecule has 140 valence electrons. The summed E-state index contributed by atoms with van der Waals surface area (Å²) in [5, 5.41) is 6.45. The van der Waals surface area contributed by atoms with Crippen molar-refractivity contribution in [2.24, 2.45) is 11.8 Å². The predicted molar refractivity (Wildman–Crippen MR) is 104 cm³/mol. The highest BCUT2D eigenvalue weighted by Gasteiger charge is 2.23. The topological polar surface area (TPSA) is 59.6 Å². The molecule has 0 bridgehead atoms. The first-order valence-electron chi connectivity index (χ1n) is 8.65. The molecule has 2 heterocycles. The van der Waals surface area contributed by atoms with Gasteiger partial charge < -0.3 is 20.1 Å². The van der Waals surface area contributed by atoms with Gasteiger partial charge in [0.05, 0.1) is 5.69 Å². The lowest BCUT2D eigenvalue weighted by Crippen LogP contribution is -2.32. The van der Waals surface area contributed by atoms with E-state index in [4.69, 9.17) is 9.47 Å². The van der Waals surface area contributed by atoms with Crippen LogP contribution in [0.4, 0.5) is 5.69 Å². The number of carbonyl (C=O) groups is 1. The monoisotopic (exact) mass is 386 g/mol. The summed E-state index contributed by atoms with van der Waals surface area (Å²) in [7, 11) is 0. The van der Waals surface area contributed by atoms with Crippen LogP contribution < -0.4 is 20.1 Å². The predicted octanol–water partition coefficient (Wildman–Crippen LogP) is 3.57. The second-order valence-electron chi connectivity index (χ2n) is 6.51. The number of rotatable bonds is 5. The van der Waals surface area contributed by atoms with Crippen molar-refractivity contribution in [3.63, 3.8) is 0 Å². The molecule has 1 saturated heterocycles. The molecule has 0 spiro atoms. The van der Waals surface area contributed by atoms with Crippen molar-refractivity contribution < 1.29 is 14.3 Å². The van der Waals surface area contributed by atoms with E-state index < -0.39 is 0 Å². The molecule has 1 atom stereocenters. The minimum atomic E-state index is 0. The smallest absolute Gasteiger partial charge is 0.224 e. The lowest BCUT2D eigenvalue weighted by atomic mass is 9.84. The zero-order valence-corrected chi connectivity index (χ0v) is 16.4. The van der Waals surface area contributed by atoms with Gasteiger partial charge in [-0.3, -0.25) is 4.79 Å². The summed E-state index contributed by atoms with van der Waals surface area (Å²) < 4.78 is 11.2. The van der Waals surface area contributed by atoms with Gasteiger partial charge in [-0.15, -0.1) is 24.2 Å². The summed E-state index contributed by atoms with van der Waals surface area (Å²) in [5.41, 5.74) is 0.814. The van der Waals surface area contributed by atoms with Crippen molar-refractivity contribution in [3.05, 3.63) is 12.1 Å². The summed E-state index contributed by atoms with van der Waals surface area (Å²) in [6.45, 7) is 5.44. The van der Waals surface area contributed by atoms with Crippen LogP contribution in [0.5, 0.6) is 11.5 Å². The number of nitrogens with one attached hydrogen (secondary N) is 2. The lowest BCUT2D eigenvalue weighted by molar-refractivity contribution is -0.117. The Morgan fingerprint density at radius 2 is 1.92 bits per heavy atom. The van der Waals surface area contributed by atoms with E-state index in [1.807, 2.05) is 18.4 Å². The van der Waals surface area contributed by atoms with Crippen LogP contribution >= 0.6 is 24.2 Å². The number of fused-ring (bicyclic) bond motifs is 1. The van der Waals surface area contributed by atoms with E-state index in [1.165, 1.54) is 0 Å². The third-order valence-corrected chi connectivity index (χ3v) is 5.61. The van der Waals surface area contributed by atoms with Crippen LogP contribution in [0.2, 0.25) is 0 Å². The minimum Gasteiger partial charge on any atom is -0.486 e. The maximum atomic E-state index is 12.5. The zero-order chi connectivity index (χ0) is 16.9. The van der Waals surface area contributed by atoms with E-state index in [9.17, 15) is 4.79 Å². The normalized spacial score (nSPS) is 18.2. The van der Waals surface area contributed by atoms with Crippen LogP contribution in [0.3, 0.4) is 0 Å². The van der Waals surface area contributed by atoms with Crippen LogP contribution in [0.25, 0.3) is 0 Å². The van der Waals surface area contributed by atoms with Gasteiger partial charge in [-0.25, -0.2) is 0 Å². The van der Waals surface area contributed by atoms with E-state index in [0.29, 0.717) is 37.2 Å². The Morgan fingerprint density at radius 1 is 1.28 bits per heavy atom. The molecule has 1 aromatic rings. The van der Waals surface area contributed by atoms with E-state index in [0.717, 1.165) is 42.3 Å². The van der Waals surface area contributed by atoms with E-state index in [1.54, 1.807) is 11.8 Å². The first kappa shape index (κ1) is 20.2. The van der Waals surface area contributed by atoms with E-state index in [2.05, 4.69) is 17.6 Å². The van der Waals surface area contributed by atoms with Gasteiger partial charge in [0.15, 0.2) is 11.5 Å². The molecule has 1 unspecified atom stereocenters. The molecule has 0 radical (unpaired) electrons. The van der Waals surface area contributed by atoms with Crippen molar-refractivity contribution >= 4 is 35.8 Å². The highest BCUT2D eigenvalue weighted by Crippen LogP contribution is 2.39. The zero-order valence-electron chi connectivity index (χ0n) is 14.8. The number of thioether (sulfide) groups is 1. The highest BCUT2D eigenvalue weighted by atomic mass is 35.5. The number of benzene rings is 1. The van der Waals surface area contributed by atoms with Crippen LogP contribution in [0.1, 0.15) is 26.2 Å². The quantitative estimate of drug-likeness (QED) is 0.757. The Kier molecular flexibility index (Phi) is 7.72. The number of anilines is 1. The van der Waals surface area contributed by atoms with Crippen LogP contribution in [0, 0.1) is 11.8 Å². The van der Waals surface area contributed by atoms with Crippen LogP contribution in [-0.2, 0) is 4.79 Å². The Balaban J connectivity index is 0.00000225. The van der Waals surface area contributed by atoms with Crippen LogP contribution in [-0.4, -0.2) is 38.5 Å². The van der Waals surface area contributed by atoms with E-state index in [-0.39, 0.29) is 18.3 Å². The molecule has 0 aromatic heterocycles. The molecular formula is C18H27ClN2O3S. The summed E-state index contributed by atoms with van der Waals surface area (Å²) >= 11 is 1.60. The van der Waals surface area contributed by atoms with Crippen molar-refractivity contribution in [2.75, 3.05) is 37.9 Å². The summed E-state index contributed by atoms with van der Waals surface area (Å²) in [4.78, 5) is 13.5. The number of amides is 1. The molecule has 25 heavy (non-hydrogen) atoms. The van der Waals surface area contributed by atoms with Crippen LogP contribution in [0.15, 0.2) is 17.0 Å². The first-order valence-corrected chi connectivity index (χ1v) is 9.88. The summed E-state index contributed by atoms with van der Waals surface area (Å²) in [6, 6.07) is 3.83.